The first-order chi connectivity index (χ1) is 19.7. The highest BCUT2D eigenvalue weighted by atomic mass is 35.5. The fourth-order valence-corrected chi connectivity index (χ4v) is 4.73. The van der Waals surface area contributed by atoms with E-state index in [-0.39, 0.29) is 24.2 Å². The molecule has 41 heavy (non-hydrogen) atoms. The van der Waals surface area contributed by atoms with Gasteiger partial charge in [0.05, 0.1) is 47.5 Å². The third-order valence-corrected chi connectivity index (χ3v) is 7.18. The molecule has 2 aliphatic heterocycles. The number of nitrogens with zero attached hydrogens (tertiary/aromatic N) is 4. The summed E-state index contributed by atoms with van der Waals surface area (Å²) in [5, 5.41) is 15.2. The molecule has 10 nitrogen and oxygen atoms in total. The number of aliphatic hydroxyl groups is 1. The van der Waals surface area contributed by atoms with Crippen molar-refractivity contribution < 1.29 is 28.2 Å². The van der Waals surface area contributed by atoms with Crippen molar-refractivity contribution in [2.24, 2.45) is 0 Å². The molecule has 2 unspecified atom stereocenters. The molecule has 13 heteroatoms. The summed E-state index contributed by atoms with van der Waals surface area (Å²) in [6.45, 7) is 3.31. The van der Waals surface area contributed by atoms with E-state index in [0.717, 1.165) is 55.7 Å². The smallest absolute Gasteiger partial charge is 0.255 e. The van der Waals surface area contributed by atoms with Crippen LogP contribution < -0.4 is 10.6 Å². The van der Waals surface area contributed by atoms with Crippen LogP contribution in [0.5, 0.6) is 0 Å². The van der Waals surface area contributed by atoms with E-state index in [0.29, 0.717) is 28.8 Å². The summed E-state index contributed by atoms with van der Waals surface area (Å²) in [7, 11) is 1.56. The van der Waals surface area contributed by atoms with Crippen LogP contribution in [0.3, 0.4) is 0 Å². The molecule has 0 bridgehead atoms. The molecule has 0 spiro atoms. The summed E-state index contributed by atoms with van der Waals surface area (Å²) in [6, 6.07) is 5.53. The molecule has 5 rings (SSSR count). The van der Waals surface area contributed by atoms with Crippen molar-refractivity contribution >= 4 is 29.7 Å². The van der Waals surface area contributed by atoms with Gasteiger partial charge in [0, 0.05) is 43.0 Å². The third kappa shape index (κ3) is 7.20. The van der Waals surface area contributed by atoms with Crippen molar-refractivity contribution in [2.45, 2.75) is 44.4 Å². The molecule has 1 aromatic carbocycles. The van der Waals surface area contributed by atoms with Gasteiger partial charge in [0.15, 0.2) is 0 Å². The highest BCUT2D eigenvalue weighted by molar-refractivity contribution is 6.33. The van der Waals surface area contributed by atoms with E-state index >= 15 is 0 Å². The first kappa shape index (κ1) is 30.4. The molecule has 2 aliphatic rings. The van der Waals surface area contributed by atoms with Crippen LogP contribution in [-0.4, -0.2) is 76.1 Å². The molecule has 2 atom stereocenters. The number of carbonyl (C=O) groups excluding carboxylic acids is 2. The summed E-state index contributed by atoms with van der Waals surface area (Å²) in [4.78, 5) is 37.7. The Morgan fingerprint density at radius 1 is 1.22 bits per heavy atom. The molecule has 1 amide bonds. The highest BCUT2D eigenvalue weighted by Gasteiger charge is 2.31. The maximum Gasteiger partial charge on any atom is 0.255 e. The van der Waals surface area contributed by atoms with E-state index in [1.165, 1.54) is 0 Å². The molecule has 1 saturated heterocycles. The van der Waals surface area contributed by atoms with Crippen LogP contribution in [0.1, 0.15) is 47.4 Å². The highest BCUT2D eigenvalue weighted by Crippen LogP contribution is 2.32. The Kier molecular flexibility index (Phi) is 10.3. The van der Waals surface area contributed by atoms with Crippen molar-refractivity contribution in [3.63, 3.8) is 0 Å². The SMILES string of the molecule is CC(C=O)N1Cc2ccc(-c3nc(NC4CCOCC4)ncc3Cl)cc2C1=O.CNC(CO)c1ncc(F)cc1F. The van der Waals surface area contributed by atoms with Gasteiger partial charge in [-0.25, -0.2) is 18.7 Å². The van der Waals surface area contributed by atoms with Crippen LogP contribution >= 0.6 is 11.6 Å². The van der Waals surface area contributed by atoms with Gasteiger partial charge >= 0.3 is 0 Å². The van der Waals surface area contributed by atoms with E-state index < -0.39 is 23.7 Å². The second kappa shape index (κ2) is 13.9. The average Bonchev–Trinajstić information content (AvgIpc) is 3.31. The first-order valence-corrected chi connectivity index (χ1v) is 13.5. The summed E-state index contributed by atoms with van der Waals surface area (Å²) in [6.07, 6.45) is 5.07. The second-order valence-electron chi connectivity index (χ2n) is 9.65. The van der Waals surface area contributed by atoms with E-state index in [1.807, 2.05) is 12.1 Å². The number of amides is 1. The molecule has 2 aromatic heterocycles. The number of nitrogens with one attached hydrogen (secondary N) is 2. The molecule has 3 aromatic rings. The Morgan fingerprint density at radius 2 is 1.98 bits per heavy atom. The molecule has 0 aliphatic carbocycles. The number of aldehydes is 1. The molecule has 0 saturated carbocycles. The lowest BCUT2D eigenvalue weighted by Crippen LogP contribution is -2.34. The summed E-state index contributed by atoms with van der Waals surface area (Å²) < 4.78 is 30.8. The van der Waals surface area contributed by atoms with Gasteiger partial charge in [-0.05, 0) is 38.4 Å². The van der Waals surface area contributed by atoms with Gasteiger partial charge in [-0.1, -0.05) is 23.7 Å². The normalized spacial score (nSPS) is 16.4. The number of aliphatic hydroxyl groups excluding tert-OH is 1. The zero-order valence-electron chi connectivity index (χ0n) is 22.6. The Morgan fingerprint density at radius 3 is 2.63 bits per heavy atom. The van der Waals surface area contributed by atoms with E-state index in [2.05, 4.69) is 25.6 Å². The van der Waals surface area contributed by atoms with E-state index in [4.69, 9.17) is 21.4 Å². The summed E-state index contributed by atoms with van der Waals surface area (Å²) >= 11 is 6.35. The van der Waals surface area contributed by atoms with Gasteiger partial charge < -0.3 is 30.2 Å². The fraction of sp³-hybridized carbons (Fsp3) is 0.393. The summed E-state index contributed by atoms with van der Waals surface area (Å²) in [5.74, 6) is -1.13. The minimum atomic E-state index is -0.756. The van der Waals surface area contributed by atoms with Crippen molar-refractivity contribution in [1.29, 1.82) is 0 Å². The van der Waals surface area contributed by atoms with E-state index in [9.17, 15) is 18.4 Å². The lowest BCUT2D eigenvalue weighted by atomic mass is 10.0. The molecule has 1 fully saturated rings. The predicted molar refractivity (Wildman–Crippen MR) is 148 cm³/mol. The molecule has 218 valence electrons. The van der Waals surface area contributed by atoms with Crippen LogP contribution in [0.4, 0.5) is 14.7 Å². The van der Waals surface area contributed by atoms with E-state index in [1.54, 1.807) is 31.1 Å². The quantitative estimate of drug-likeness (QED) is 0.338. The van der Waals surface area contributed by atoms with Gasteiger partial charge in [-0.15, -0.1) is 0 Å². The van der Waals surface area contributed by atoms with Crippen LogP contribution in [-0.2, 0) is 16.1 Å². The zero-order chi connectivity index (χ0) is 29.5. The molecule has 3 N–H and O–H groups in total. The Bertz CT molecular complexity index is 1390. The molecular formula is C28H31ClF2N6O4. The Labute approximate surface area is 241 Å². The number of ether oxygens (including phenoxy) is 1. The maximum atomic E-state index is 13.0. The van der Waals surface area contributed by atoms with Crippen LogP contribution in [0.2, 0.25) is 5.02 Å². The Hall–Kier alpha value is -3.58. The monoisotopic (exact) mass is 588 g/mol. The molecule has 4 heterocycles. The summed E-state index contributed by atoms with van der Waals surface area (Å²) in [5.41, 5.74) is 2.82. The van der Waals surface area contributed by atoms with Gasteiger partial charge in [-0.2, -0.15) is 0 Å². The number of fused-ring (bicyclic) bond motifs is 1. The van der Waals surface area contributed by atoms with Crippen LogP contribution in [0.25, 0.3) is 11.3 Å². The third-order valence-electron chi connectivity index (χ3n) is 6.90. The largest absolute Gasteiger partial charge is 0.394 e. The van der Waals surface area contributed by atoms with Gasteiger partial charge in [-0.3, -0.25) is 9.78 Å². The Balaban J connectivity index is 0.000000251. The number of aromatic nitrogens is 3. The topological polar surface area (TPSA) is 130 Å². The average molecular weight is 589 g/mol. The number of likely N-dealkylation sites (N-methyl/N-ethyl adjacent to an activating group) is 1. The number of hydrogen-bond donors (Lipinski definition) is 3. The minimum Gasteiger partial charge on any atom is -0.394 e. The number of halogens is 3. The number of benzene rings is 1. The predicted octanol–water partition coefficient (Wildman–Crippen LogP) is 3.54. The minimum absolute atomic E-state index is 0.0198. The number of carbonyl (C=O) groups is 2. The maximum absolute atomic E-state index is 13.0. The van der Waals surface area contributed by atoms with Gasteiger partial charge in [0.2, 0.25) is 5.95 Å². The fourth-order valence-electron chi connectivity index (χ4n) is 4.53. The zero-order valence-corrected chi connectivity index (χ0v) is 23.4. The van der Waals surface area contributed by atoms with Crippen molar-refractivity contribution in [3.8, 4) is 11.3 Å². The standard InChI is InChI=1S/C20H21ClN4O3.C8H10F2N2O/c1-12(11-26)25-10-14-3-2-13(8-16(14)19(25)27)18-17(21)9-22-20(24-18)23-15-4-6-28-7-5-15;1-11-7(4-13)8-6(10)2-5(9)3-12-8/h2-3,8-9,11-12,15H,4-7,10H2,1H3,(H,22,23,24);2-3,7,11,13H,4H2,1H3. The van der Waals surface area contributed by atoms with Crippen molar-refractivity contribution in [2.75, 3.05) is 32.2 Å². The number of rotatable bonds is 8. The van der Waals surface area contributed by atoms with Gasteiger partial charge in [0.25, 0.3) is 5.91 Å². The number of pyridine rings is 1. The molecule has 0 radical (unpaired) electrons. The first-order valence-electron chi connectivity index (χ1n) is 13.1. The number of hydrogen-bond acceptors (Lipinski definition) is 9. The van der Waals surface area contributed by atoms with Crippen LogP contribution in [0.15, 0.2) is 36.7 Å². The molecular weight excluding hydrogens is 558 g/mol. The number of anilines is 1. The van der Waals surface area contributed by atoms with Crippen molar-refractivity contribution in [3.05, 3.63) is 70.1 Å². The van der Waals surface area contributed by atoms with Crippen LogP contribution in [0, 0.1) is 11.6 Å². The van der Waals surface area contributed by atoms with Crippen molar-refractivity contribution in [1.82, 2.24) is 25.2 Å². The van der Waals surface area contributed by atoms with Gasteiger partial charge in [0.1, 0.15) is 17.9 Å². The lowest BCUT2D eigenvalue weighted by Gasteiger charge is -2.23. The lowest BCUT2D eigenvalue weighted by molar-refractivity contribution is -0.111. The second-order valence-corrected chi connectivity index (χ2v) is 10.1.